The monoisotopic (exact) mass is 286 g/mol. The van der Waals surface area contributed by atoms with Crippen LogP contribution in [0.25, 0.3) is 22.4 Å². The number of hydrogen-bond acceptors (Lipinski definition) is 2. The van der Waals surface area contributed by atoms with Crippen molar-refractivity contribution < 1.29 is 9.90 Å². The lowest BCUT2D eigenvalue weighted by Gasteiger charge is -2.00. The van der Waals surface area contributed by atoms with Crippen molar-refractivity contribution in [1.29, 1.82) is 0 Å². The lowest BCUT2D eigenvalue weighted by Crippen LogP contribution is -1.94. The van der Waals surface area contributed by atoms with E-state index in [1.54, 1.807) is 18.2 Å². The zero-order chi connectivity index (χ0) is 14.3. The number of H-pyrrole nitrogens is 1. The number of benzene rings is 2. The van der Waals surface area contributed by atoms with Gasteiger partial charge in [0, 0.05) is 10.6 Å². The fourth-order valence-electron chi connectivity index (χ4n) is 2.07. The molecule has 0 fully saturated rings. The molecule has 0 atom stereocenters. The molecule has 5 heteroatoms. The highest BCUT2D eigenvalue weighted by molar-refractivity contribution is 6.31. The average Bonchev–Trinajstić information content (AvgIpc) is 2.84. The number of fused-ring (bicyclic) bond motifs is 1. The van der Waals surface area contributed by atoms with Crippen LogP contribution in [0.5, 0.6) is 0 Å². The van der Waals surface area contributed by atoms with Gasteiger partial charge in [0.2, 0.25) is 0 Å². The van der Waals surface area contributed by atoms with Gasteiger partial charge in [-0.2, -0.15) is 0 Å². The molecule has 0 radical (unpaired) electrons. The molecule has 0 bridgehead atoms. The van der Waals surface area contributed by atoms with Crippen molar-refractivity contribution in [3.05, 3.63) is 52.5 Å². The third kappa shape index (κ3) is 2.14. The van der Waals surface area contributed by atoms with Gasteiger partial charge in [0.1, 0.15) is 5.82 Å². The molecule has 20 heavy (non-hydrogen) atoms. The van der Waals surface area contributed by atoms with Gasteiger partial charge in [-0.25, -0.2) is 9.78 Å². The Balaban J connectivity index is 2.12. The number of rotatable bonds is 2. The van der Waals surface area contributed by atoms with Crippen LogP contribution in [0.2, 0.25) is 5.02 Å². The first kappa shape index (κ1) is 12.7. The van der Waals surface area contributed by atoms with Crippen LogP contribution in [0.3, 0.4) is 0 Å². The summed E-state index contributed by atoms with van der Waals surface area (Å²) in [7, 11) is 0. The largest absolute Gasteiger partial charge is 0.478 e. The number of nitrogens with zero attached hydrogens (tertiary/aromatic N) is 1. The Hall–Kier alpha value is -2.33. The maximum absolute atomic E-state index is 11.0. The quantitative estimate of drug-likeness (QED) is 0.751. The number of hydrogen-bond donors (Lipinski definition) is 2. The van der Waals surface area contributed by atoms with Crippen molar-refractivity contribution in [3.8, 4) is 11.4 Å². The lowest BCUT2D eigenvalue weighted by molar-refractivity contribution is 0.0697. The second-order valence-electron chi connectivity index (χ2n) is 4.59. The third-order valence-electron chi connectivity index (χ3n) is 3.16. The number of aromatic carboxylic acids is 1. The van der Waals surface area contributed by atoms with Crippen LogP contribution in [0.15, 0.2) is 36.4 Å². The van der Waals surface area contributed by atoms with Gasteiger partial charge in [0.15, 0.2) is 0 Å². The summed E-state index contributed by atoms with van der Waals surface area (Å²) in [6.45, 7) is 1.93. The Kier molecular flexibility index (Phi) is 2.95. The molecule has 1 aromatic heterocycles. The molecule has 100 valence electrons. The summed E-state index contributed by atoms with van der Waals surface area (Å²) >= 11 is 6.01. The summed E-state index contributed by atoms with van der Waals surface area (Å²) in [4.78, 5) is 18.6. The number of aryl methyl sites for hydroxylation is 1. The number of aromatic nitrogens is 2. The molecule has 0 saturated carbocycles. The standard InChI is InChI=1S/C15H11ClN2O2/c1-8-6-9(2-4-11(8)16)14-17-12-5-3-10(15(19)20)7-13(12)18-14/h2-7H,1H3,(H,17,18)(H,19,20). The van der Waals surface area contributed by atoms with Crippen LogP contribution in [-0.2, 0) is 0 Å². The van der Waals surface area contributed by atoms with E-state index in [0.717, 1.165) is 16.6 Å². The van der Waals surface area contributed by atoms with Gasteiger partial charge in [-0.05, 0) is 48.9 Å². The SMILES string of the molecule is Cc1cc(-c2nc3ccc(C(=O)O)cc3[nH]2)ccc1Cl. The fraction of sp³-hybridized carbons (Fsp3) is 0.0667. The van der Waals surface area contributed by atoms with E-state index in [2.05, 4.69) is 9.97 Å². The number of aromatic amines is 1. The number of carboxylic acids is 1. The van der Waals surface area contributed by atoms with Crippen molar-refractivity contribution in [2.24, 2.45) is 0 Å². The smallest absolute Gasteiger partial charge is 0.335 e. The fourth-order valence-corrected chi connectivity index (χ4v) is 2.19. The first-order chi connectivity index (χ1) is 9.54. The molecule has 0 aliphatic carbocycles. The highest BCUT2D eigenvalue weighted by atomic mass is 35.5. The van der Waals surface area contributed by atoms with Crippen molar-refractivity contribution in [2.75, 3.05) is 0 Å². The van der Waals surface area contributed by atoms with Crippen LogP contribution in [0, 0.1) is 6.92 Å². The van der Waals surface area contributed by atoms with Gasteiger partial charge in [-0.15, -0.1) is 0 Å². The van der Waals surface area contributed by atoms with E-state index in [0.29, 0.717) is 16.4 Å². The highest BCUT2D eigenvalue weighted by Crippen LogP contribution is 2.25. The molecule has 0 saturated heterocycles. The zero-order valence-corrected chi connectivity index (χ0v) is 11.4. The number of halogens is 1. The van der Waals surface area contributed by atoms with E-state index < -0.39 is 5.97 Å². The zero-order valence-electron chi connectivity index (χ0n) is 10.6. The van der Waals surface area contributed by atoms with Crippen LogP contribution in [-0.4, -0.2) is 21.0 Å². The first-order valence-electron chi connectivity index (χ1n) is 6.04. The van der Waals surface area contributed by atoms with Crippen LogP contribution in [0.1, 0.15) is 15.9 Å². The summed E-state index contributed by atoms with van der Waals surface area (Å²) in [5, 5.41) is 9.69. The van der Waals surface area contributed by atoms with Gasteiger partial charge in [-0.3, -0.25) is 0 Å². The van der Waals surface area contributed by atoms with Gasteiger partial charge in [0.05, 0.1) is 16.6 Å². The highest BCUT2D eigenvalue weighted by Gasteiger charge is 2.09. The molecule has 2 aromatic carbocycles. The Bertz CT molecular complexity index is 824. The molecule has 2 N–H and O–H groups in total. The first-order valence-corrected chi connectivity index (χ1v) is 6.42. The summed E-state index contributed by atoms with van der Waals surface area (Å²) < 4.78 is 0. The predicted molar refractivity (Wildman–Crippen MR) is 78.2 cm³/mol. The molecule has 0 aliphatic heterocycles. The molecule has 4 nitrogen and oxygen atoms in total. The van der Waals surface area contributed by atoms with Gasteiger partial charge in [-0.1, -0.05) is 11.6 Å². The van der Waals surface area contributed by atoms with E-state index >= 15 is 0 Å². The van der Waals surface area contributed by atoms with E-state index in [9.17, 15) is 4.79 Å². The maximum atomic E-state index is 11.0. The molecule has 0 unspecified atom stereocenters. The van der Waals surface area contributed by atoms with Crippen molar-refractivity contribution in [2.45, 2.75) is 6.92 Å². The molecule has 1 heterocycles. The molecular formula is C15H11ClN2O2. The van der Waals surface area contributed by atoms with Crippen molar-refractivity contribution in [1.82, 2.24) is 9.97 Å². The van der Waals surface area contributed by atoms with E-state index in [1.165, 1.54) is 0 Å². The third-order valence-corrected chi connectivity index (χ3v) is 3.58. The Labute approximate surface area is 120 Å². The summed E-state index contributed by atoms with van der Waals surface area (Å²) in [5.74, 6) is -0.257. The molecule has 0 amide bonds. The lowest BCUT2D eigenvalue weighted by atomic mass is 10.1. The van der Waals surface area contributed by atoms with E-state index in [4.69, 9.17) is 16.7 Å². The average molecular weight is 287 g/mol. The molecule has 3 rings (SSSR count). The molecule has 0 spiro atoms. The number of carbonyl (C=O) groups is 1. The van der Waals surface area contributed by atoms with Crippen LogP contribution in [0.4, 0.5) is 0 Å². The normalized spacial score (nSPS) is 10.9. The summed E-state index contributed by atoms with van der Waals surface area (Å²) in [6, 6.07) is 10.5. The minimum Gasteiger partial charge on any atom is -0.478 e. The summed E-state index contributed by atoms with van der Waals surface area (Å²) in [5.41, 5.74) is 3.56. The van der Waals surface area contributed by atoms with Gasteiger partial charge >= 0.3 is 5.97 Å². The van der Waals surface area contributed by atoms with Gasteiger partial charge in [0.25, 0.3) is 0 Å². The second kappa shape index (κ2) is 4.65. The van der Waals surface area contributed by atoms with Crippen molar-refractivity contribution >= 4 is 28.6 Å². The minimum absolute atomic E-state index is 0.236. The second-order valence-corrected chi connectivity index (χ2v) is 4.99. The van der Waals surface area contributed by atoms with Crippen molar-refractivity contribution in [3.63, 3.8) is 0 Å². The number of nitrogens with one attached hydrogen (secondary N) is 1. The molecule has 0 aliphatic rings. The Morgan fingerprint density at radius 3 is 2.75 bits per heavy atom. The van der Waals surface area contributed by atoms with Crippen LogP contribution >= 0.6 is 11.6 Å². The number of carboxylic acid groups (broad SMARTS) is 1. The topological polar surface area (TPSA) is 66.0 Å². The predicted octanol–water partition coefficient (Wildman–Crippen LogP) is 3.89. The minimum atomic E-state index is -0.953. The molecule has 3 aromatic rings. The summed E-state index contributed by atoms with van der Waals surface area (Å²) in [6.07, 6.45) is 0. The van der Waals surface area contributed by atoms with E-state index in [-0.39, 0.29) is 5.56 Å². The van der Waals surface area contributed by atoms with Gasteiger partial charge < -0.3 is 10.1 Å². The maximum Gasteiger partial charge on any atom is 0.335 e. The van der Waals surface area contributed by atoms with Crippen LogP contribution < -0.4 is 0 Å². The van der Waals surface area contributed by atoms with E-state index in [1.807, 2.05) is 25.1 Å². The Morgan fingerprint density at radius 2 is 2.05 bits per heavy atom. The molecular weight excluding hydrogens is 276 g/mol. The number of imidazole rings is 1. The Morgan fingerprint density at radius 1 is 1.25 bits per heavy atom.